The van der Waals surface area contributed by atoms with Gasteiger partial charge in [0, 0.05) is 25.7 Å². The lowest BCUT2D eigenvalue weighted by Gasteiger charge is -2.22. The van der Waals surface area contributed by atoms with Crippen LogP contribution in [0, 0.1) is 0 Å². The number of esters is 2. The van der Waals surface area contributed by atoms with E-state index in [9.17, 15) is 9.59 Å². The second kappa shape index (κ2) is 20.7. The topological polar surface area (TPSA) is 89.5 Å². The maximum Gasteiger partial charge on any atom is 0.343 e. The minimum Gasteiger partial charge on any atom is -0.493 e. The molecule has 0 fully saturated rings. The van der Waals surface area contributed by atoms with Gasteiger partial charge in [-0.15, -0.1) is 13.2 Å². The molecular formula is C46H52O8. The molecule has 8 nitrogen and oxygen atoms in total. The number of fused-ring (bicyclic) bond motifs is 8. The zero-order valence-corrected chi connectivity index (χ0v) is 31.7. The number of para-hydroxylation sites is 4. The van der Waals surface area contributed by atoms with Gasteiger partial charge >= 0.3 is 11.9 Å². The number of carbonyl (C=O) groups is 2. The molecule has 0 N–H and O–H groups in total. The average Bonchev–Trinajstić information content (AvgIpc) is 3.18. The van der Waals surface area contributed by atoms with Gasteiger partial charge in [-0.25, -0.2) is 9.59 Å². The second-order valence-corrected chi connectivity index (χ2v) is 13.3. The normalized spacial score (nSPS) is 11.9. The van der Waals surface area contributed by atoms with Crippen LogP contribution < -0.4 is 18.9 Å². The maximum absolute atomic E-state index is 12.4. The van der Waals surface area contributed by atoms with Crippen molar-refractivity contribution in [3.8, 4) is 23.0 Å². The summed E-state index contributed by atoms with van der Waals surface area (Å²) < 4.78 is 35.8. The third-order valence-corrected chi connectivity index (χ3v) is 9.46. The van der Waals surface area contributed by atoms with Crippen molar-refractivity contribution in [2.75, 3.05) is 40.6 Å². The van der Waals surface area contributed by atoms with Gasteiger partial charge in [-0.3, -0.25) is 0 Å². The molecule has 0 heterocycles. The molecule has 0 saturated carbocycles. The molecule has 4 aromatic carbocycles. The number of carbonyl (C=O) groups excluding carboxylic acids is 2. The van der Waals surface area contributed by atoms with E-state index in [2.05, 4.69) is 37.4 Å². The van der Waals surface area contributed by atoms with Gasteiger partial charge in [0.05, 0.1) is 27.4 Å². The van der Waals surface area contributed by atoms with Crippen LogP contribution in [-0.4, -0.2) is 52.6 Å². The van der Waals surface area contributed by atoms with Gasteiger partial charge in [0.1, 0.15) is 23.0 Å². The van der Waals surface area contributed by atoms with E-state index >= 15 is 0 Å². The van der Waals surface area contributed by atoms with Crippen LogP contribution in [0.4, 0.5) is 0 Å². The molecule has 0 aliphatic heterocycles. The van der Waals surface area contributed by atoms with Crippen molar-refractivity contribution in [2.24, 2.45) is 0 Å². The first-order valence-corrected chi connectivity index (χ1v) is 18.7. The van der Waals surface area contributed by atoms with Gasteiger partial charge in [-0.2, -0.15) is 0 Å². The molecule has 5 rings (SSSR count). The predicted molar refractivity (Wildman–Crippen MR) is 211 cm³/mol. The number of rotatable bonds is 18. The van der Waals surface area contributed by atoms with Crippen LogP contribution in [0.5, 0.6) is 23.0 Å². The third-order valence-electron chi connectivity index (χ3n) is 9.46. The Bertz CT molecular complexity index is 1670. The lowest BCUT2D eigenvalue weighted by Crippen LogP contribution is -2.15. The van der Waals surface area contributed by atoms with Crippen LogP contribution in [0.1, 0.15) is 83.0 Å². The molecule has 0 amide bonds. The number of hydrogen-bond donors (Lipinski definition) is 0. The molecule has 8 bridgehead atoms. The first-order valence-electron chi connectivity index (χ1n) is 18.7. The second-order valence-electron chi connectivity index (χ2n) is 13.3. The van der Waals surface area contributed by atoms with E-state index in [4.69, 9.17) is 28.4 Å². The fraction of sp³-hybridized carbons (Fsp3) is 0.348. The van der Waals surface area contributed by atoms with Crippen molar-refractivity contribution >= 4 is 11.9 Å². The van der Waals surface area contributed by atoms with Crippen LogP contribution in [0.3, 0.4) is 0 Å². The standard InChI is InChI=1S/C46H52O8/c1-5-7-9-11-25-51-43-33-17-13-18-34(43)28-38-22-16-24-40(46(38)54-32-42(48)50-4)30-36-20-14-19-35(44(36)52-26-12-10-8-6-2)29-39-23-15-21-37(27-33)45(39)53-31-41(47)49-3/h5-6,13-24H,1-2,7-12,25-32H2,3-4H3. The summed E-state index contributed by atoms with van der Waals surface area (Å²) in [6.07, 6.45) is 11.4. The van der Waals surface area contributed by atoms with Crippen molar-refractivity contribution in [3.05, 3.63) is 143 Å². The van der Waals surface area contributed by atoms with E-state index in [0.29, 0.717) is 50.4 Å². The van der Waals surface area contributed by atoms with Gasteiger partial charge in [0.2, 0.25) is 0 Å². The maximum atomic E-state index is 12.4. The van der Waals surface area contributed by atoms with Crippen molar-refractivity contribution < 1.29 is 38.0 Å². The van der Waals surface area contributed by atoms with E-state index < -0.39 is 11.9 Å². The van der Waals surface area contributed by atoms with E-state index in [1.165, 1.54) is 14.2 Å². The van der Waals surface area contributed by atoms with Crippen molar-refractivity contribution in [3.63, 3.8) is 0 Å². The molecule has 0 saturated heterocycles. The van der Waals surface area contributed by atoms with E-state index in [1.807, 2.05) is 60.7 Å². The number of hydrogen-bond acceptors (Lipinski definition) is 8. The summed E-state index contributed by atoms with van der Waals surface area (Å²) in [6.45, 7) is 8.36. The van der Waals surface area contributed by atoms with E-state index in [-0.39, 0.29) is 13.2 Å². The number of allylic oxidation sites excluding steroid dienone is 2. The van der Waals surface area contributed by atoms with Gasteiger partial charge in [0.25, 0.3) is 0 Å². The van der Waals surface area contributed by atoms with E-state index in [0.717, 1.165) is 94.5 Å². The molecule has 8 heteroatoms. The van der Waals surface area contributed by atoms with Crippen LogP contribution in [-0.2, 0) is 44.7 Å². The summed E-state index contributed by atoms with van der Waals surface area (Å²) in [6, 6.07) is 24.6. The number of unbranched alkanes of at least 4 members (excludes halogenated alkanes) is 4. The van der Waals surface area contributed by atoms with Crippen LogP contribution >= 0.6 is 0 Å². The Morgan fingerprint density at radius 1 is 0.481 bits per heavy atom. The number of ether oxygens (including phenoxy) is 6. The highest BCUT2D eigenvalue weighted by Gasteiger charge is 2.22. The summed E-state index contributed by atoms with van der Waals surface area (Å²) in [5, 5.41) is 0. The minimum absolute atomic E-state index is 0.219. The molecule has 0 radical (unpaired) electrons. The molecule has 1 aliphatic carbocycles. The Morgan fingerprint density at radius 3 is 1.02 bits per heavy atom. The number of methoxy groups -OCH3 is 2. The Labute approximate surface area is 319 Å². The van der Waals surface area contributed by atoms with Gasteiger partial charge in [-0.1, -0.05) is 84.9 Å². The zero-order valence-electron chi connectivity index (χ0n) is 31.7. The van der Waals surface area contributed by atoms with E-state index in [1.54, 1.807) is 0 Å². The molecule has 0 aromatic heterocycles. The SMILES string of the molecule is C=CCCCCOc1c2cccc1Cc1cccc(c1OCC(=O)OC)Cc1cccc(c1OCCCCC=C)Cc1cccc(c1OCC(=O)OC)C2. The average molecular weight is 733 g/mol. The first kappa shape index (κ1) is 39.7. The summed E-state index contributed by atoms with van der Waals surface area (Å²) >= 11 is 0. The first-order chi connectivity index (χ1) is 26.4. The molecular weight excluding hydrogens is 680 g/mol. The quantitative estimate of drug-likeness (QED) is 0.0502. The van der Waals surface area contributed by atoms with Gasteiger partial charge in [0.15, 0.2) is 13.2 Å². The highest BCUT2D eigenvalue weighted by Crippen LogP contribution is 2.39. The molecule has 4 aromatic rings. The lowest BCUT2D eigenvalue weighted by atomic mass is 9.91. The summed E-state index contributed by atoms with van der Waals surface area (Å²) in [5.74, 6) is 1.97. The monoisotopic (exact) mass is 732 g/mol. The minimum atomic E-state index is -0.458. The largest absolute Gasteiger partial charge is 0.493 e. The Kier molecular flexibility index (Phi) is 15.2. The Hall–Kier alpha value is -5.50. The highest BCUT2D eigenvalue weighted by molar-refractivity contribution is 5.71. The molecule has 284 valence electrons. The summed E-state index contributed by atoms with van der Waals surface area (Å²) in [4.78, 5) is 24.8. The Morgan fingerprint density at radius 2 is 0.759 bits per heavy atom. The third kappa shape index (κ3) is 10.8. The van der Waals surface area contributed by atoms with Crippen molar-refractivity contribution in [1.29, 1.82) is 0 Å². The fourth-order valence-corrected chi connectivity index (χ4v) is 6.74. The molecule has 54 heavy (non-hydrogen) atoms. The van der Waals surface area contributed by atoms with Gasteiger partial charge < -0.3 is 28.4 Å². The molecule has 0 atom stereocenters. The zero-order chi connectivity index (χ0) is 38.1. The van der Waals surface area contributed by atoms with Crippen molar-refractivity contribution in [1.82, 2.24) is 0 Å². The predicted octanol–water partition coefficient (Wildman–Crippen LogP) is 8.94. The van der Waals surface area contributed by atoms with Crippen LogP contribution in [0.15, 0.2) is 98.1 Å². The number of benzene rings is 4. The summed E-state index contributed by atoms with van der Waals surface area (Å²) in [7, 11) is 2.72. The lowest BCUT2D eigenvalue weighted by molar-refractivity contribution is -0.143. The van der Waals surface area contributed by atoms with Gasteiger partial charge in [-0.05, 0) is 83.0 Å². The highest BCUT2D eigenvalue weighted by atomic mass is 16.6. The Balaban J connectivity index is 1.68. The van der Waals surface area contributed by atoms with Crippen LogP contribution in [0.25, 0.3) is 0 Å². The fourth-order valence-electron chi connectivity index (χ4n) is 6.74. The van der Waals surface area contributed by atoms with Crippen LogP contribution in [0.2, 0.25) is 0 Å². The van der Waals surface area contributed by atoms with Crippen molar-refractivity contribution in [2.45, 2.75) is 64.2 Å². The summed E-state index contributed by atoms with van der Waals surface area (Å²) in [5.41, 5.74) is 7.63. The molecule has 1 aliphatic rings. The molecule has 0 spiro atoms. The molecule has 0 unspecified atom stereocenters. The smallest absolute Gasteiger partial charge is 0.343 e.